The van der Waals surface area contributed by atoms with Crippen LogP contribution in [0.5, 0.6) is 0 Å². The van der Waals surface area contributed by atoms with Crippen molar-refractivity contribution in [1.82, 2.24) is 0 Å². The van der Waals surface area contributed by atoms with E-state index in [1.165, 1.54) is 83.5 Å². The van der Waals surface area contributed by atoms with Gasteiger partial charge in [0.2, 0.25) is 5.91 Å². The quantitative estimate of drug-likeness (QED) is 0.105. The predicted molar refractivity (Wildman–Crippen MR) is 131 cm³/mol. The van der Waals surface area contributed by atoms with Gasteiger partial charge in [-0.3, -0.25) is 5.73 Å². The first-order chi connectivity index (χ1) is 15.2. The minimum atomic E-state index is -1.03. The Balaban J connectivity index is 3.65. The van der Waals surface area contributed by atoms with Gasteiger partial charge in [0.1, 0.15) is 0 Å². The molecular weight excluding hydrogens is 390 g/mol. The van der Waals surface area contributed by atoms with Crippen molar-refractivity contribution in [3.8, 4) is 0 Å². The molecule has 0 heterocycles. The van der Waals surface area contributed by atoms with Gasteiger partial charge in [0.25, 0.3) is 0 Å². The highest BCUT2D eigenvalue weighted by Gasteiger charge is 2.26. The van der Waals surface area contributed by atoms with Crippen LogP contribution < -0.4 is 5.73 Å². The molecule has 0 aromatic rings. The monoisotopic (exact) mass is 445 g/mol. The van der Waals surface area contributed by atoms with Crippen LogP contribution in [0.3, 0.4) is 0 Å². The molecule has 0 saturated heterocycles. The van der Waals surface area contributed by atoms with E-state index in [0.29, 0.717) is 19.6 Å². The summed E-state index contributed by atoms with van der Waals surface area (Å²) in [6.45, 7) is 3.65. The summed E-state index contributed by atoms with van der Waals surface area (Å²) in [5, 5.41) is 17.8. The SMILES string of the molecule is CCCCCCCCCCCCCCCCCC(N)(OCCCCO)OCCCCO. The van der Waals surface area contributed by atoms with E-state index in [4.69, 9.17) is 25.4 Å². The molecule has 5 nitrogen and oxygen atoms in total. The fourth-order valence-electron chi connectivity index (χ4n) is 3.85. The molecule has 0 aromatic heterocycles. The lowest BCUT2D eigenvalue weighted by Gasteiger charge is -2.30. The van der Waals surface area contributed by atoms with E-state index in [2.05, 4.69) is 6.92 Å². The minimum absolute atomic E-state index is 0.178. The number of rotatable bonds is 26. The molecule has 0 radical (unpaired) electrons. The van der Waals surface area contributed by atoms with Gasteiger partial charge >= 0.3 is 0 Å². The zero-order valence-corrected chi connectivity index (χ0v) is 20.8. The smallest absolute Gasteiger partial charge is 0.224 e. The van der Waals surface area contributed by atoms with Crippen LogP contribution in [0.4, 0.5) is 0 Å². The fourth-order valence-corrected chi connectivity index (χ4v) is 3.85. The number of hydrogen-bond donors (Lipinski definition) is 3. The summed E-state index contributed by atoms with van der Waals surface area (Å²) in [4.78, 5) is 0. The van der Waals surface area contributed by atoms with Crippen LogP contribution in [0.2, 0.25) is 0 Å². The van der Waals surface area contributed by atoms with Gasteiger partial charge in [0.15, 0.2) is 0 Å². The summed E-state index contributed by atoms with van der Waals surface area (Å²) < 4.78 is 11.6. The molecule has 0 bridgehead atoms. The Bertz CT molecular complexity index is 329. The summed E-state index contributed by atoms with van der Waals surface area (Å²) in [5.41, 5.74) is 6.35. The van der Waals surface area contributed by atoms with Crippen LogP contribution in [0, 0.1) is 0 Å². The Labute approximate surface area is 193 Å². The van der Waals surface area contributed by atoms with Gasteiger partial charge in [0.05, 0.1) is 13.2 Å². The minimum Gasteiger partial charge on any atom is -0.396 e. The van der Waals surface area contributed by atoms with E-state index < -0.39 is 5.91 Å². The molecule has 0 aliphatic heterocycles. The van der Waals surface area contributed by atoms with E-state index in [1.54, 1.807) is 0 Å². The molecular formula is C26H55NO4. The zero-order valence-electron chi connectivity index (χ0n) is 20.8. The molecule has 0 rings (SSSR count). The van der Waals surface area contributed by atoms with Crippen LogP contribution >= 0.6 is 0 Å². The van der Waals surface area contributed by atoms with E-state index in [9.17, 15) is 0 Å². The van der Waals surface area contributed by atoms with Gasteiger partial charge in [-0.15, -0.1) is 0 Å². The average molecular weight is 446 g/mol. The highest BCUT2D eigenvalue weighted by Crippen LogP contribution is 2.19. The molecule has 0 aliphatic carbocycles. The number of unbranched alkanes of at least 4 members (excludes halogenated alkanes) is 16. The lowest BCUT2D eigenvalue weighted by Crippen LogP contribution is -2.46. The Morgan fingerprint density at radius 1 is 0.516 bits per heavy atom. The fraction of sp³-hybridized carbons (Fsp3) is 1.00. The largest absolute Gasteiger partial charge is 0.396 e. The number of hydrogen-bond acceptors (Lipinski definition) is 5. The average Bonchev–Trinajstić information content (AvgIpc) is 2.77. The highest BCUT2D eigenvalue weighted by molar-refractivity contribution is 4.63. The first-order valence-electron chi connectivity index (χ1n) is 13.5. The molecule has 5 heteroatoms. The molecule has 188 valence electrons. The van der Waals surface area contributed by atoms with Crippen molar-refractivity contribution in [2.45, 2.75) is 141 Å². The molecule has 0 amide bonds. The van der Waals surface area contributed by atoms with Crippen LogP contribution in [-0.2, 0) is 9.47 Å². The molecule has 0 aliphatic rings. The summed E-state index contributed by atoms with van der Waals surface area (Å²) >= 11 is 0. The van der Waals surface area contributed by atoms with Crippen LogP contribution in [0.15, 0.2) is 0 Å². The number of aliphatic hydroxyl groups is 2. The van der Waals surface area contributed by atoms with Gasteiger partial charge in [-0.05, 0) is 32.1 Å². The molecule has 0 unspecified atom stereocenters. The van der Waals surface area contributed by atoms with Gasteiger partial charge in [-0.2, -0.15) is 0 Å². The second kappa shape index (κ2) is 24.4. The first kappa shape index (κ1) is 30.8. The van der Waals surface area contributed by atoms with Crippen molar-refractivity contribution in [2.75, 3.05) is 26.4 Å². The van der Waals surface area contributed by atoms with Crippen LogP contribution in [0.25, 0.3) is 0 Å². The summed E-state index contributed by atoms with van der Waals surface area (Å²) in [6, 6.07) is 0. The van der Waals surface area contributed by atoms with Crippen molar-refractivity contribution in [3.05, 3.63) is 0 Å². The molecule has 0 fully saturated rings. The van der Waals surface area contributed by atoms with Crippen molar-refractivity contribution >= 4 is 0 Å². The predicted octanol–water partition coefficient (Wildman–Crippen LogP) is 6.44. The maximum absolute atomic E-state index is 8.91. The van der Waals surface area contributed by atoms with E-state index in [-0.39, 0.29) is 13.2 Å². The Kier molecular flexibility index (Phi) is 24.3. The molecule has 0 aromatic carbocycles. The molecule has 0 saturated carbocycles. The first-order valence-corrected chi connectivity index (χ1v) is 13.5. The van der Waals surface area contributed by atoms with Crippen LogP contribution in [-0.4, -0.2) is 42.6 Å². The van der Waals surface area contributed by atoms with Crippen molar-refractivity contribution in [1.29, 1.82) is 0 Å². The number of aliphatic hydroxyl groups excluding tert-OH is 2. The van der Waals surface area contributed by atoms with Gasteiger partial charge in [0, 0.05) is 19.6 Å². The molecule has 0 spiro atoms. The summed E-state index contributed by atoms with van der Waals surface area (Å²) in [6.07, 6.45) is 23.8. The van der Waals surface area contributed by atoms with E-state index in [1.807, 2.05) is 0 Å². The zero-order chi connectivity index (χ0) is 22.9. The third-order valence-electron chi connectivity index (χ3n) is 5.93. The van der Waals surface area contributed by atoms with Gasteiger partial charge < -0.3 is 19.7 Å². The summed E-state index contributed by atoms with van der Waals surface area (Å²) in [7, 11) is 0. The highest BCUT2D eigenvalue weighted by atomic mass is 16.7. The van der Waals surface area contributed by atoms with Crippen molar-refractivity contribution in [3.63, 3.8) is 0 Å². The standard InChI is InChI=1S/C26H55NO4/c1-2-3-4-5-6-7-8-9-10-11-12-13-14-15-16-21-26(27,30-24-19-17-22-28)31-25-20-18-23-29/h28-29H,2-25,27H2,1H3. The second-order valence-electron chi connectivity index (χ2n) is 9.07. The summed E-state index contributed by atoms with van der Waals surface area (Å²) in [5.74, 6) is -1.03. The topological polar surface area (TPSA) is 84.9 Å². The Hall–Kier alpha value is -0.200. The second-order valence-corrected chi connectivity index (χ2v) is 9.07. The lowest BCUT2D eigenvalue weighted by atomic mass is 10.0. The van der Waals surface area contributed by atoms with Gasteiger partial charge in [-0.1, -0.05) is 96.8 Å². The Morgan fingerprint density at radius 3 is 1.23 bits per heavy atom. The Morgan fingerprint density at radius 2 is 0.871 bits per heavy atom. The number of nitrogens with two attached hydrogens (primary N) is 1. The van der Waals surface area contributed by atoms with Crippen molar-refractivity contribution in [2.24, 2.45) is 5.73 Å². The number of ether oxygens (including phenoxy) is 2. The lowest BCUT2D eigenvalue weighted by molar-refractivity contribution is -0.239. The van der Waals surface area contributed by atoms with E-state index in [0.717, 1.165) is 38.5 Å². The normalized spacial score (nSPS) is 12.0. The van der Waals surface area contributed by atoms with Gasteiger partial charge in [-0.25, -0.2) is 0 Å². The molecule has 0 atom stereocenters. The molecule has 31 heavy (non-hydrogen) atoms. The molecule has 4 N–H and O–H groups in total. The third-order valence-corrected chi connectivity index (χ3v) is 5.93. The van der Waals surface area contributed by atoms with Crippen molar-refractivity contribution < 1.29 is 19.7 Å². The van der Waals surface area contributed by atoms with Crippen LogP contribution in [0.1, 0.15) is 135 Å². The maximum atomic E-state index is 8.91. The third kappa shape index (κ3) is 22.8. The van der Waals surface area contributed by atoms with E-state index >= 15 is 0 Å². The maximum Gasteiger partial charge on any atom is 0.224 e.